The minimum absolute atomic E-state index is 0.0716. The molecule has 1 aliphatic heterocycles. The molecule has 2 N–H and O–H groups in total. The Hall–Kier alpha value is -4.54. The maximum Gasteiger partial charge on any atom is 0.335 e. The number of aryl methyl sites for hydroxylation is 1. The third-order valence-electron chi connectivity index (χ3n) is 5.88. The van der Waals surface area contributed by atoms with Crippen molar-refractivity contribution in [3.63, 3.8) is 0 Å². The van der Waals surface area contributed by atoms with E-state index < -0.39 is 23.8 Å². The van der Waals surface area contributed by atoms with E-state index in [2.05, 4.69) is 10.6 Å². The van der Waals surface area contributed by atoms with Crippen LogP contribution in [-0.4, -0.2) is 44.1 Å². The molecule has 0 radical (unpaired) electrons. The summed E-state index contributed by atoms with van der Waals surface area (Å²) >= 11 is 12.6. The van der Waals surface area contributed by atoms with Crippen molar-refractivity contribution in [1.29, 1.82) is 0 Å². The summed E-state index contributed by atoms with van der Waals surface area (Å²) in [7, 11) is 1.54. The molecular formula is C29H25Cl2N3O7. The fraction of sp³-hybridized carbons (Fsp3) is 0.172. The molecule has 12 heteroatoms. The van der Waals surface area contributed by atoms with Crippen LogP contribution in [0.4, 0.5) is 16.2 Å². The van der Waals surface area contributed by atoms with Gasteiger partial charge in [0.25, 0.3) is 17.7 Å². The lowest BCUT2D eigenvalue weighted by atomic mass is 10.1. The maximum atomic E-state index is 13.3. The number of hydrogen-bond donors (Lipinski definition) is 2. The smallest absolute Gasteiger partial charge is 0.335 e. The van der Waals surface area contributed by atoms with E-state index in [-0.39, 0.29) is 41.0 Å². The van der Waals surface area contributed by atoms with Crippen molar-refractivity contribution in [2.75, 3.05) is 30.5 Å². The molecule has 3 aromatic rings. The molecular weight excluding hydrogens is 573 g/mol. The topological polar surface area (TPSA) is 123 Å². The normalized spacial score (nSPS) is 14.1. The number of nitrogens with one attached hydrogen (secondary N) is 2. The second kappa shape index (κ2) is 12.8. The number of ether oxygens (including phenoxy) is 3. The van der Waals surface area contributed by atoms with Gasteiger partial charge in [-0.1, -0.05) is 29.3 Å². The minimum atomic E-state index is -0.896. The Morgan fingerprint density at radius 2 is 1.76 bits per heavy atom. The first-order valence-corrected chi connectivity index (χ1v) is 13.1. The number of carbonyl (C=O) groups is 4. The van der Waals surface area contributed by atoms with Gasteiger partial charge in [0, 0.05) is 10.7 Å². The summed E-state index contributed by atoms with van der Waals surface area (Å²) in [5, 5.41) is 5.27. The molecule has 10 nitrogen and oxygen atoms in total. The Morgan fingerprint density at radius 1 is 1.02 bits per heavy atom. The zero-order valence-electron chi connectivity index (χ0n) is 22.2. The molecule has 0 bridgehead atoms. The first kappa shape index (κ1) is 29.4. The summed E-state index contributed by atoms with van der Waals surface area (Å²) in [4.78, 5) is 51.9. The molecule has 41 heavy (non-hydrogen) atoms. The van der Waals surface area contributed by atoms with Gasteiger partial charge in [0.15, 0.2) is 18.1 Å². The van der Waals surface area contributed by atoms with Gasteiger partial charge in [-0.3, -0.25) is 19.7 Å². The number of hydrogen-bond acceptors (Lipinski definition) is 7. The second-order valence-corrected chi connectivity index (χ2v) is 9.56. The van der Waals surface area contributed by atoms with Gasteiger partial charge in [-0.05, 0) is 79.6 Å². The van der Waals surface area contributed by atoms with Gasteiger partial charge in [0.05, 0.1) is 24.4 Å². The van der Waals surface area contributed by atoms with E-state index in [0.29, 0.717) is 27.6 Å². The predicted octanol–water partition coefficient (Wildman–Crippen LogP) is 5.39. The molecule has 1 heterocycles. The van der Waals surface area contributed by atoms with Crippen molar-refractivity contribution >= 4 is 64.4 Å². The molecule has 3 aromatic carbocycles. The van der Waals surface area contributed by atoms with Crippen molar-refractivity contribution < 1.29 is 33.4 Å². The van der Waals surface area contributed by atoms with Crippen molar-refractivity contribution in [2.24, 2.45) is 0 Å². The Morgan fingerprint density at radius 3 is 2.44 bits per heavy atom. The van der Waals surface area contributed by atoms with Crippen LogP contribution in [0.5, 0.6) is 17.2 Å². The summed E-state index contributed by atoms with van der Waals surface area (Å²) in [5.74, 6) is -1.22. The SMILES string of the molecule is CCOc1cc(/C=C2\C(=O)NC(=O)N(c3cc(Cl)ccc3C)C2=O)cc(Cl)c1OCC(=O)Nc1ccc(OC)cc1. The Bertz CT molecular complexity index is 1550. The molecule has 1 fully saturated rings. The molecule has 0 aliphatic carbocycles. The van der Waals surface area contributed by atoms with Crippen molar-refractivity contribution in [1.82, 2.24) is 5.32 Å². The van der Waals surface area contributed by atoms with Gasteiger partial charge >= 0.3 is 6.03 Å². The van der Waals surface area contributed by atoms with Crippen LogP contribution in [0.1, 0.15) is 18.1 Å². The zero-order chi connectivity index (χ0) is 29.7. The minimum Gasteiger partial charge on any atom is -0.497 e. The first-order valence-electron chi connectivity index (χ1n) is 12.3. The number of imide groups is 2. The van der Waals surface area contributed by atoms with Gasteiger partial charge in [-0.2, -0.15) is 0 Å². The van der Waals surface area contributed by atoms with Crippen molar-refractivity contribution in [3.8, 4) is 17.2 Å². The lowest BCUT2D eigenvalue weighted by molar-refractivity contribution is -0.122. The average molecular weight is 598 g/mol. The highest BCUT2D eigenvalue weighted by Crippen LogP contribution is 2.38. The van der Waals surface area contributed by atoms with E-state index in [1.54, 1.807) is 57.4 Å². The average Bonchev–Trinajstić information content (AvgIpc) is 2.93. The van der Waals surface area contributed by atoms with E-state index >= 15 is 0 Å². The molecule has 0 unspecified atom stereocenters. The Kier molecular flexibility index (Phi) is 9.16. The maximum absolute atomic E-state index is 13.3. The molecule has 0 atom stereocenters. The van der Waals surface area contributed by atoms with Crippen LogP contribution in [-0.2, 0) is 14.4 Å². The number of carbonyl (C=O) groups excluding carboxylic acids is 4. The number of methoxy groups -OCH3 is 1. The Labute approximate surface area is 245 Å². The first-order chi connectivity index (χ1) is 19.6. The molecule has 5 amide bonds. The van der Waals surface area contributed by atoms with Crippen LogP contribution >= 0.6 is 23.2 Å². The summed E-state index contributed by atoms with van der Waals surface area (Å²) < 4.78 is 16.4. The number of amides is 5. The molecule has 0 aromatic heterocycles. The third kappa shape index (κ3) is 6.79. The van der Waals surface area contributed by atoms with Gasteiger partial charge < -0.3 is 19.5 Å². The molecule has 1 aliphatic rings. The largest absolute Gasteiger partial charge is 0.497 e. The highest BCUT2D eigenvalue weighted by molar-refractivity contribution is 6.40. The van der Waals surface area contributed by atoms with Gasteiger partial charge in [-0.25, -0.2) is 9.69 Å². The zero-order valence-corrected chi connectivity index (χ0v) is 23.8. The number of anilines is 2. The van der Waals surface area contributed by atoms with Crippen LogP contribution in [0, 0.1) is 6.92 Å². The van der Waals surface area contributed by atoms with E-state index in [1.165, 1.54) is 24.3 Å². The number of halogens is 2. The van der Waals surface area contributed by atoms with Gasteiger partial charge in [0.2, 0.25) is 0 Å². The number of rotatable bonds is 9. The second-order valence-electron chi connectivity index (χ2n) is 8.72. The summed E-state index contributed by atoms with van der Waals surface area (Å²) in [5.41, 5.74) is 1.40. The Balaban J connectivity index is 1.58. The molecule has 0 saturated carbocycles. The fourth-order valence-corrected chi connectivity index (χ4v) is 4.39. The predicted molar refractivity (Wildman–Crippen MR) is 155 cm³/mol. The van der Waals surface area contributed by atoms with Gasteiger partial charge in [-0.15, -0.1) is 0 Å². The number of urea groups is 1. The fourth-order valence-electron chi connectivity index (χ4n) is 3.95. The van der Waals surface area contributed by atoms with Crippen LogP contribution in [0.2, 0.25) is 10.0 Å². The lowest BCUT2D eigenvalue weighted by Crippen LogP contribution is -2.54. The molecule has 0 spiro atoms. The molecule has 212 valence electrons. The van der Waals surface area contributed by atoms with E-state index in [1.807, 2.05) is 0 Å². The van der Waals surface area contributed by atoms with Crippen LogP contribution in [0.3, 0.4) is 0 Å². The van der Waals surface area contributed by atoms with Gasteiger partial charge in [0.1, 0.15) is 11.3 Å². The third-order valence-corrected chi connectivity index (χ3v) is 6.39. The lowest BCUT2D eigenvalue weighted by Gasteiger charge is -2.27. The van der Waals surface area contributed by atoms with Crippen LogP contribution < -0.4 is 29.7 Å². The van der Waals surface area contributed by atoms with Crippen LogP contribution in [0.25, 0.3) is 6.08 Å². The quantitative estimate of drug-likeness (QED) is 0.250. The highest BCUT2D eigenvalue weighted by Gasteiger charge is 2.37. The van der Waals surface area contributed by atoms with Crippen LogP contribution in [0.15, 0.2) is 60.2 Å². The van der Waals surface area contributed by atoms with E-state index in [4.69, 9.17) is 37.4 Å². The number of nitrogens with zero attached hydrogens (tertiary/aromatic N) is 1. The van der Waals surface area contributed by atoms with Crippen molar-refractivity contribution in [2.45, 2.75) is 13.8 Å². The summed E-state index contributed by atoms with van der Waals surface area (Å²) in [6.07, 6.45) is 1.28. The summed E-state index contributed by atoms with van der Waals surface area (Å²) in [6.45, 7) is 3.31. The monoisotopic (exact) mass is 597 g/mol. The summed E-state index contributed by atoms with van der Waals surface area (Å²) in [6, 6.07) is 13.6. The molecule has 4 rings (SSSR count). The molecule has 1 saturated heterocycles. The highest BCUT2D eigenvalue weighted by atomic mass is 35.5. The van der Waals surface area contributed by atoms with E-state index in [9.17, 15) is 19.2 Å². The number of benzene rings is 3. The van der Waals surface area contributed by atoms with Crippen molar-refractivity contribution in [3.05, 3.63) is 81.3 Å². The number of barbiturate groups is 1. The standard InChI is InChI=1S/C29H25Cl2N3O7/c1-4-40-24-13-17(12-22(31)26(24)41-15-25(35)32-19-7-9-20(39-3)10-8-19)11-21-27(36)33-29(38)34(28(21)37)23-14-18(30)6-5-16(23)2/h5-14H,4,15H2,1-3H3,(H,32,35)(H,33,36,38)/b21-11+. The van der Waals surface area contributed by atoms with E-state index in [0.717, 1.165) is 4.90 Å².